The predicted octanol–water partition coefficient (Wildman–Crippen LogP) is -0.242. The first-order valence-corrected chi connectivity index (χ1v) is 6.53. The Morgan fingerprint density at radius 3 is 2.19 bits per heavy atom. The molecule has 0 aliphatic heterocycles. The minimum Gasteiger partial charge on any atom is -0.504 e. The smallest absolute Gasteiger partial charge is 0.328 e. The van der Waals surface area contributed by atoms with Crippen LogP contribution < -0.4 is 10.5 Å². The molecule has 0 aromatic heterocycles. The SMILES string of the molecule is CC(C)[C@H](N)C(=O)Oc1c(O)cc(CO)c(CO)c1CO. The summed E-state index contributed by atoms with van der Waals surface area (Å²) < 4.78 is 5.07. The van der Waals surface area contributed by atoms with Crippen LogP contribution in [0.1, 0.15) is 30.5 Å². The van der Waals surface area contributed by atoms with Gasteiger partial charge in [-0.05, 0) is 23.1 Å². The zero-order valence-corrected chi connectivity index (χ0v) is 12.0. The van der Waals surface area contributed by atoms with Crippen LogP contribution in [0.5, 0.6) is 11.5 Å². The molecule has 0 aliphatic rings. The van der Waals surface area contributed by atoms with Gasteiger partial charge in [0.15, 0.2) is 11.5 Å². The Morgan fingerprint density at radius 1 is 1.19 bits per heavy atom. The zero-order chi connectivity index (χ0) is 16.2. The van der Waals surface area contributed by atoms with Crippen LogP contribution in [0.15, 0.2) is 6.07 Å². The van der Waals surface area contributed by atoms with Crippen LogP contribution in [0.3, 0.4) is 0 Å². The van der Waals surface area contributed by atoms with Crippen LogP contribution in [0.2, 0.25) is 0 Å². The van der Waals surface area contributed by atoms with Crippen molar-refractivity contribution >= 4 is 5.97 Å². The number of phenols is 1. The van der Waals surface area contributed by atoms with Gasteiger partial charge in [0, 0.05) is 5.56 Å². The quantitative estimate of drug-likeness (QED) is 0.361. The number of carbonyl (C=O) groups is 1. The van der Waals surface area contributed by atoms with Crippen molar-refractivity contribution in [2.75, 3.05) is 0 Å². The Balaban J connectivity index is 3.26. The van der Waals surface area contributed by atoms with E-state index in [4.69, 9.17) is 10.5 Å². The Kier molecular flexibility index (Phi) is 6.10. The van der Waals surface area contributed by atoms with Gasteiger partial charge in [0.05, 0.1) is 19.8 Å². The maximum atomic E-state index is 11.9. The minimum atomic E-state index is -0.883. The van der Waals surface area contributed by atoms with Crippen LogP contribution in [0.4, 0.5) is 0 Å². The van der Waals surface area contributed by atoms with Crippen LogP contribution in [0.25, 0.3) is 0 Å². The van der Waals surface area contributed by atoms with E-state index in [0.29, 0.717) is 0 Å². The van der Waals surface area contributed by atoms with Crippen LogP contribution >= 0.6 is 0 Å². The fourth-order valence-corrected chi connectivity index (χ4v) is 1.86. The fourth-order valence-electron chi connectivity index (χ4n) is 1.86. The van der Waals surface area contributed by atoms with E-state index in [1.165, 1.54) is 6.07 Å². The molecule has 0 radical (unpaired) electrons. The van der Waals surface area contributed by atoms with E-state index in [9.17, 15) is 25.2 Å². The van der Waals surface area contributed by atoms with Crippen molar-refractivity contribution in [2.45, 2.75) is 39.7 Å². The van der Waals surface area contributed by atoms with Crippen molar-refractivity contribution in [1.29, 1.82) is 0 Å². The molecule has 21 heavy (non-hydrogen) atoms. The molecule has 0 saturated carbocycles. The van der Waals surface area contributed by atoms with Crippen LogP contribution in [-0.2, 0) is 24.6 Å². The average molecular weight is 299 g/mol. The molecule has 0 spiro atoms. The molecule has 1 aromatic carbocycles. The van der Waals surface area contributed by atoms with Gasteiger partial charge in [-0.3, -0.25) is 0 Å². The van der Waals surface area contributed by atoms with Gasteiger partial charge < -0.3 is 30.9 Å². The number of nitrogens with two attached hydrogens (primary N) is 1. The van der Waals surface area contributed by atoms with Gasteiger partial charge in [-0.2, -0.15) is 0 Å². The van der Waals surface area contributed by atoms with Gasteiger partial charge in [0.25, 0.3) is 0 Å². The molecular weight excluding hydrogens is 278 g/mol. The van der Waals surface area contributed by atoms with E-state index in [0.717, 1.165) is 0 Å². The summed E-state index contributed by atoms with van der Waals surface area (Å²) in [6.45, 7) is 2.00. The summed E-state index contributed by atoms with van der Waals surface area (Å²) in [5, 5.41) is 37.8. The largest absolute Gasteiger partial charge is 0.504 e. The average Bonchev–Trinajstić information content (AvgIpc) is 2.46. The number of carbonyl (C=O) groups excluding carboxylic acids is 1. The van der Waals surface area contributed by atoms with Crippen molar-refractivity contribution in [3.63, 3.8) is 0 Å². The number of rotatable bonds is 6. The Bertz CT molecular complexity index is 515. The molecule has 118 valence electrons. The maximum absolute atomic E-state index is 11.9. The summed E-state index contributed by atoms with van der Waals surface area (Å²) in [4.78, 5) is 11.9. The number of aliphatic hydroxyl groups is 3. The van der Waals surface area contributed by atoms with Crippen molar-refractivity contribution in [1.82, 2.24) is 0 Å². The lowest BCUT2D eigenvalue weighted by Gasteiger charge is -2.19. The lowest BCUT2D eigenvalue weighted by atomic mass is 10.00. The first kappa shape index (κ1) is 17.4. The molecule has 1 rings (SSSR count). The Labute approximate surface area is 122 Å². The van der Waals surface area contributed by atoms with Crippen LogP contribution in [0, 0.1) is 5.92 Å². The van der Waals surface area contributed by atoms with E-state index in [1.807, 2.05) is 0 Å². The topological polar surface area (TPSA) is 133 Å². The molecule has 7 heteroatoms. The van der Waals surface area contributed by atoms with Gasteiger partial charge in [0.1, 0.15) is 6.04 Å². The molecule has 1 atom stereocenters. The summed E-state index contributed by atoms with van der Waals surface area (Å²) in [5.74, 6) is -1.58. The summed E-state index contributed by atoms with van der Waals surface area (Å²) in [5.41, 5.74) is 6.16. The number of phenolic OH excluding ortho intramolecular Hbond substituents is 1. The predicted molar refractivity (Wildman–Crippen MR) is 74.3 cm³/mol. The minimum absolute atomic E-state index is 0.0471. The highest BCUT2D eigenvalue weighted by atomic mass is 16.5. The number of esters is 1. The van der Waals surface area contributed by atoms with Crippen LogP contribution in [-0.4, -0.2) is 32.4 Å². The highest BCUT2D eigenvalue weighted by Gasteiger charge is 2.24. The lowest BCUT2D eigenvalue weighted by Crippen LogP contribution is -2.38. The molecule has 0 saturated heterocycles. The van der Waals surface area contributed by atoms with Crippen molar-refractivity contribution in [3.8, 4) is 11.5 Å². The summed E-state index contributed by atoms with van der Waals surface area (Å²) in [6, 6.07) is 0.292. The number of benzene rings is 1. The molecule has 0 bridgehead atoms. The summed E-state index contributed by atoms with van der Waals surface area (Å²) >= 11 is 0. The molecule has 0 fully saturated rings. The van der Waals surface area contributed by atoms with Gasteiger partial charge in [-0.1, -0.05) is 13.8 Å². The summed E-state index contributed by atoms with van der Waals surface area (Å²) in [6.07, 6.45) is 0. The second-order valence-corrected chi connectivity index (χ2v) is 5.01. The van der Waals surface area contributed by atoms with Gasteiger partial charge >= 0.3 is 5.97 Å². The Hall–Kier alpha value is -1.67. The van der Waals surface area contributed by atoms with Gasteiger partial charge in [0.2, 0.25) is 0 Å². The van der Waals surface area contributed by atoms with E-state index in [1.54, 1.807) is 13.8 Å². The normalized spacial score (nSPS) is 12.5. The number of aromatic hydroxyl groups is 1. The Morgan fingerprint density at radius 2 is 1.76 bits per heavy atom. The van der Waals surface area contributed by atoms with Crippen molar-refractivity contribution in [2.24, 2.45) is 11.7 Å². The molecule has 1 aromatic rings. The molecule has 6 N–H and O–H groups in total. The van der Waals surface area contributed by atoms with E-state index in [2.05, 4.69) is 0 Å². The number of hydrogen-bond acceptors (Lipinski definition) is 7. The highest BCUT2D eigenvalue weighted by Crippen LogP contribution is 2.36. The third-order valence-electron chi connectivity index (χ3n) is 3.25. The standard InChI is InChI=1S/C14H21NO6/c1-7(2)12(15)14(20)21-13-10(6-18)9(5-17)8(4-16)3-11(13)19/h3,7,12,16-19H,4-6,15H2,1-2H3/t12-/m0/s1. The monoisotopic (exact) mass is 299 g/mol. The van der Waals surface area contributed by atoms with E-state index in [-0.39, 0.29) is 28.4 Å². The molecule has 0 unspecified atom stereocenters. The zero-order valence-electron chi connectivity index (χ0n) is 12.0. The van der Waals surface area contributed by atoms with Gasteiger partial charge in [-0.25, -0.2) is 4.79 Å². The van der Waals surface area contributed by atoms with Crippen molar-refractivity contribution in [3.05, 3.63) is 22.8 Å². The highest BCUT2D eigenvalue weighted by molar-refractivity contribution is 5.79. The summed E-state index contributed by atoms with van der Waals surface area (Å²) in [7, 11) is 0. The molecule has 0 amide bonds. The first-order valence-electron chi connectivity index (χ1n) is 6.53. The molecule has 0 heterocycles. The second kappa shape index (κ2) is 7.37. The number of aliphatic hydroxyl groups excluding tert-OH is 3. The third kappa shape index (κ3) is 3.70. The van der Waals surface area contributed by atoms with Gasteiger partial charge in [-0.15, -0.1) is 0 Å². The third-order valence-corrected chi connectivity index (χ3v) is 3.25. The molecular formula is C14H21NO6. The maximum Gasteiger partial charge on any atom is 0.328 e. The van der Waals surface area contributed by atoms with E-state index < -0.39 is 37.6 Å². The fraction of sp³-hybridized carbons (Fsp3) is 0.500. The van der Waals surface area contributed by atoms with E-state index >= 15 is 0 Å². The van der Waals surface area contributed by atoms with Crippen molar-refractivity contribution < 1.29 is 30.0 Å². The first-order chi connectivity index (χ1) is 9.87. The number of hydrogen-bond donors (Lipinski definition) is 5. The molecule has 7 nitrogen and oxygen atoms in total. The number of ether oxygens (including phenoxy) is 1. The lowest BCUT2D eigenvalue weighted by molar-refractivity contribution is -0.137. The second-order valence-electron chi connectivity index (χ2n) is 5.01. The molecule has 0 aliphatic carbocycles.